The summed E-state index contributed by atoms with van der Waals surface area (Å²) >= 11 is 0.886. The molecule has 3 N–H and O–H groups in total. The average Bonchev–Trinajstić information content (AvgIpc) is 2.94. The van der Waals surface area contributed by atoms with Crippen molar-refractivity contribution in [3.8, 4) is 0 Å². The Bertz CT molecular complexity index is 851. The molecule has 0 spiro atoms. The minimum absolute atomic E-state index is 0.0140. The third-order valence-electron chi connectivity index (χ3n) is 6.28. The molecule has 0 radical (unpaired) electrons. The summed E-state index contributed by atoms with van der Waals surface area (Å²) in [5.41, 5.74) is -1.19. The van der Waals surface area contributed by atoms with E-state index in [0.717, 1.165) is 11.3 Å². The first-order valence-electron chi connectivity index (χ1n) is 10.0. The van der Waals surface area contributed by atoms with E-state index >= 15 is 0 Å². The summed E-state index contributed by atoms with van der Waals surface area (Å²) in [5, 5.41) is 16.7. The fraction of sp³-hybridized carbons (Fsp3) is 0.842. The SMILES string of the molecule is CC(C)(C)[Si](C)(C)OCc1nc([C@](C)(O)CO[Si](C)(C)C(C)(C)C)sc1S(N)(=O)=O. The van der Waals surface area contributed by atoms with Gasteiger partial charge in [0.05, 0.1) is 18.9 Å². The normalized spacial score (nSPS) is 16.6. The molecule has 0 saturated carbocycles. The van der Waals surface area contributed by atoms with Crippen molar-refractivity contribution in [3.05, 3.63) is 10.7 Å². The van der Waals surface area contributed by atoms with E-state index in [9.17, 15) is 13.5 Å². The summed E-state index contributed by atoms with van der Waals surface area (Å²) in [6.45, 7) is 22.7. The molecular formula is C19H40N2O5S2Si2. The van der Waals surface area contributed by atoms with Crippen LogP contribution in [-0.2, 0) is 31.1 Å². The van der Waals surface area contributed by atoms with Crippen LogP contribution in [-0.4, -0.2) is 41.7 Å². The minimum atomic E-state index is -3.99. The van der Waals surface area contributed by atoms with Gasteiger partial charge in [0.2, 0.25) is 10.0 Å². The minimum Gasteiger partial charge on any atom is -0.413 e. The Hall–Kier alpha value is -0.146. The third kappa shape index (κ3) is 6.68. The van der Waals surface area contributed by atoms with Crippen molar-refractivity contribution < 1.29 is 22.4 Å². The van der Waals surface area contributed by atoms with Crippen molar-refractivity contribution in [1.82, 2.24) is 4.98 Å². The van der Waals surface area contributed by atoms with E-state index in [0.29, 0.717) is 0 Å². The van der Waals surface area contributed by atoms with Crippen LogP contribution in [0.2, 0.25) is 36.3 Å². The number of aromatic nitrogens is 1. The van der Waals surface area contributed by atoms with E-state index in [-0.39, 0.29) is 38.2 Å². The number of nitrogens with zero attached hydrogens (tertiary/aromatic N) is 1. The summed E-state index contributed by atoms with van der Waals surface area (Å²) in [6.07, 6.45) is 0. The Balaban J connectivity index is 3.21. The lowest BCUT2D eigenvalue weighted by Crippen LogP contribution is -2.44. The highest BCUT2D eigenvalue weighted by molar-refractivity contribution is 7.91. The molecule has 0 bridgehead atoms. The molecule has 1 heterocycles. The Morgan fingerprint density at radius 2 is 1.40 bits per heavy atom. The Morgan fingerprint density at radius 1 is 0.967 bits per heavy atom. The summed E-state index contributed by atoms with van der Waals surface area (Å²) in [5.74, 6) is 0. The van der Waals surface area contributed by atoms with Crippen LogP contribution < -0.4 is 5.14 Å². The van der Waals surface area contributed by atoms with Gasteiger partial charge in [-0.25, -0.2) is 18.5 Å². The van der Waals surface area contributed by atoms with E-state index in [2.05, 4.69) is 72.7 Å². The van der Waals surface area contributed by atoms with Crippen LogP contribution in [0.3, 0.4) is 0 Å². The second kappa shape index (κ2) is 8.66. The largest absolute Gasteiger partial charge is 0.413 e. The van der Waals surface area contributed by atoms with Gasteiger partial charge >= 0.3 is 0 Å². The molecule has 0 aliphatic carbocycles. The van der Waals surface area contributed by atoms with Gasteiger partial charge in [0.25, 0.3) is 0 Å². The predicted molar refractivity (Wildman–Crippen MR) is 128 cm³/mol. The molecule has 1 atom stereocenters. The molecule has 1 rings (SSSR count). The molecule has 1 aromatic heterocycles. The zero-order valence-electron chi connectivity index (χ0n) is 20.3. The standard InChI is InChI=1S/C19H40N2O5S2Si2/c1-17(2,3)29(8,9)25-12-14-15(28(20,23)24)27-16(21-14)19(7,22)13-26-30(10,11)18(4,5)6/h22H,12-13H2,1-11H3,(H2,20,23,24)/t19-/m1/s1. The number of sulfonamides is 1. The van der Waals surface area contributed by atoms with E-state index < -0.39 is 32.3 Å². The molecule has 0 amide bonds. The summed E-state index contributed by atoms with van der Waals surface area (Å²) in [4.78, 5) is 4.44. The van der Waals surface area contributed by atoms with Crippen LogP contribution >= 0.6 is 11.3 Å². The number of thiazole rings is 1. The van der Waals surface area contributed by atoms with E-state index in [1.165, 1.54) is 0 Å². The van der Waals surface area contributed by atoms with Gasteiger partial charge in [-0.1, -0.05) is 41.5 Å². The highest BCUT2D eigenvalue weighted by atomic mass is 32.2. The van der Waals surface area contributed by atoms with Crippen molar-refractivity contribution in [1.29, 1.82) is 0 Å². The Labute approximate surface area is 188 Å². The molecule has 11 heteroatoms. The Morgan fingerprint density at radius 3 is 1.80 bits per heavy atom. The van der Waals surface area contributed by atoms with Gasteiger partial charge < -0.3 is 14.0 Å². The molecule has 0 fully saturated rings. The van der Waals surface area contributed by atoms with Crippen LogP contribution in [0.5, 0.6) is 0 Å². The van der Waals surface area contributed by atoms with Gasteiger partial charge in [0, 0.05) is 0 Å². The highest BCUT2D eigenvalue weighted by Gasteiger charge is 2.41. The first-order valence-corrected chi connectivity index (χ1v) is 18.2. The molecular weight excluding hydrogens is 457 g/mol. The number of hydrogen-bond donors (Lipinski definition) is 2. The lowest BCUT2D eigenvalue weighted by Gasteiger charge is -2.38. The lowest BCUT2D eigenvalue weighted by molar-refractivity contribution is 0.00224. The maximum absolute atomic E-state index is 12.2. The quantitative estimate of drug-likeness (QED) is 0.511. The fourth-order valence-corrected chi connectivity index (χ4v) is 5.92. The molecule has 0 aliphatic rings. The number of primary sulfonamides is 1. The number of rotatable bonds is 8. The molecule has 0 aromatic carbocycles. The van der Waals surface area contributed by atoms with Crippen LogP contribution in [0, 0.1) is 0 Å². The van der Waals surface area contributed by atoms with Crippen molar-refractivity contribution in [2.45, 2.75) is 101 Å². The van der Waals surface area contributed by atoms with Gasteiger partial charge in [-0.05, 0) is 43.2 Å². The Kier molecular flexibility index (Phi) is 8.05. The summed E-state index contributed by atoms with van der Waals surface area (Å²) in [6, 6.07) is 0. The van der Waals surface area contributed by atoms with Crippen molar-refractivity contribution in [3.63, 3.8) is 0 Å². The fourth-order valence-electron chi connectivity index (χ4n) is 1.95. The first-order chi connectivity index (χ1) is 13.0. The monoisotopic (exact) mass is 496 g/mol. The molecule has 0 unspecified atom stereocenters. The topological polar surface area (TPSA) is 112 Å². The van der Waals surface area contributed by atoms with Crippen LogP contribution in [0.4, 0.5) is 0 Å². The third-order valence-corrected chi connectivity index (χ3v) is 18.1. The second-order valence-corrected chi connectivity index (χ2v) is 23.5. The van der Waals surface area contributed by atoms with Crippen molar-refractivity contribution in [2.75, 3.05) is 6.61 Å². The van der Waals surface area contributed by atoms with E-state index in [1.54, 1.807) is 6.92 Å². The number of hydrogen-bond acceptors (Lipinski definition) is 7. The first kappa shape index (κ1) is 27.9. The van der Waals surface area contributed by atoms with Gasteiger partial charge in [-0.15, -0.1) is 11.3 Å². The highest BCUT2D eigenvalue weighted by Crippen LogP contribution is 2.40. The molecule has 0 saturated heterocycles. The molecule has 1 aromatic rings. The maximum Gasteiger partial charge on any atom is 0.249 e. The maximum atomic E-state index is 12.2. The van der Waals surface area contributed by atoms with Crippen LogP contribution in [0.1, 0.15) is 59.2 Å². The van der Waals surface area contributed by atoms with Crippen molar-refractivity contribution >= 4 is 38.0 Å². The van der Waals surface area contributed by atoms with E-state index in [4.69, 9.17) is 14.0 Å². The molecule has 30 heavy (non-hydrogen) atoms. The predicted octanol–water partition coefficient (Wildman–Crippen LogP) is 4.54. The smallest absolute Gasteiger partial charge is 0.249 e. The van der Waals surface area contributed by atoms with Gasteiger partial charge in [0.15, 0.2) is 20.8 Å². The number of aliphatic hydroxyl groups is 1. The zero-order valence-corrected chi connectivity index (χ0v) is 24.0. The van der Waals surface area contributed by atoms with Gasteiger partial charge in [-0.3, -0.25) is 0 Å². The molecule has 176 valence electrons. The lowest BCUT2D eigenvalue weighted by atomic mass is 10.1. The summed E-state index contributed by atoms with van der Waals surface area (Å²) in [7, 11) is -8.21. The summed E-state index contributed by atoms with van der Waals surface area (Å²) < 4.78 is 36.6. The molecule has 0 aliphatic heterocycles. The van der Waals surface area contributed by atoms with Crippen LogP contribution in [0.25, 0.3) is 0 Å². The van der Waals surface area contributed by atoms with Crippen LogP contribution in [0.15, 0.2) is 4.21 Å². The second-order valence-electron chi connectivity index (χ2n) is 11.2. The van der Waals surface area contributed by atoms with Gasteiger partial charge in [-0.2, -0.15) is 0 Å². The molecule has 7 nitrogen and oxygen atoms in total. The average molecular weight is 497 g/mol. The van der Waals surface area contributed by atoms with Crippen molar-refractivity contribution in [2.24, 2.45) is 5.14 Å². The van der Waals surface area contributed by atoms with Gasteiger partial charge in [0.1, 0.15) is 10.6 Å². The van der Waals surface area contributed by atoms with E-state index in [1.807, 2.05) is 0 Å². The number of nitrogens with two attached hydrogens (primary N) is 1. The zero-order chi connectivity index (χ0) is 24.0.